The average molecular weight is 731 g/mol. The van der Waals surface area contributed by atoms with Crippen molar-refractivity contribution in [1.29, 1.82) is 0 Å². The Labute approximate surface area is 308 Å². The lowest BCUT2D eigenvalue weighted by Gasteiger charge is -2.36. The van der Waals surface area contributed by atoms with E-state index in [2.05, 4.69) is 39.6 Å². The van der Waals surface area contributed by atoms with Crippen LogP contribution >= 0.6 is 0 Å². The molecule has 0 bridgehead atoms. The summed E-state index contributed by atoms with van der Waals surface area (Å²) >= 11 is 0. The van der Waals surface area contributed by atoms with Crippen LogP contribution in [0.3, 0.4) is 0 Å². The van der Waals surface area contributed by atoms with Crippen molar-refractivity contribution in [1.82, 2.24) is 25.3 Å². The van der Waals surface area contributed by atoms with Gasteiger partial charge in [0.2, 0.25) is 23.5 Å². The number of hydrogen-bond donors (Lipinski definition) is 2. The van der Waals surface area contributed by atoms with E-state index in [1.54, 1.807) is 25.1 Å². The minimum Gasteiger partial charge on any atom is -0.490 e. The third kappa shape index (κ3) is 6.55. The molecule has 1 saturated carbocycles. The fourth-order valence-corrected chi connectivity index (χ4v) is 7.01. The van der Waals surface area contributed by atoms with Gasteiger partial charge in [0.25, 0.3) is 11.8 Å². The lowest BCUT2D eigenvalue weighted by molar-refractivity contribution is -0.136. The molecule has 4 amide bonds. The van der Waals surface area contributed by atoms with E-state index in [9.17, 15) is 23.6 Å². The van der Waals surface area contributed by atoms with E-state index in [0.29, 0.717) is 17.3 Å². The summed E-state index contributed by atoms with van der Waals surface area (Å²) in [6.45, 7) is 5.91. The molecular weight excluding hydrogens is 695 g/mol. The van der Waals surface area contributed by atoms with Gasteiger partial charge in [0, 0.05) is 49.4 Å². The number of imide groups is 2. The first-order chi connectivity index (χ1) is 25.9. The summed E-state index contributed by atoms with van der Waals surface area (Å²) in [6.07, 6.45) is 2.76. The standard InChI is InChI=1S/C40H35FN6O7/c1-21-43-36(46-54-21)35-33(16-24(41)20-42-35)53-28-11-6-23(7-12-28)40(2,3)22-4-9-27(10-5-22)52-29-17-26(18-29)44-25-8-13-30-31(19-25)39(51)47(38(30)50)32-14-15-34(48)45-37(32)49/h4-13,16,19-20,26,29,32,44H,14-15,17-18H2,1-3H3,(H,45,48,49)/t26-,29-,32?. The van der Waals surface area contributed by atoms with Gasteiger partial charge in [0.05, 0.1) is 17.3 Å². The first-order valence-electron chi connectivity index (χ1n) is 17.6. The number of piperidine rings is 1. The van der Waals surface area contributed by atoms with E-state index < -0.39 is 35.5 Å². The van der Waals surface area contributed by atoms with E-state index in [-0.39, 0.29) is 58.8 Å². The number of hydrogen-bond acceptors (Lipinski definition) is 11. The van der Waals surface area contributed by atoms with Crippen LogP contribution in [0.2, 0.25) is 0 Å². The summed E-state index contributed by atoms with van der Waals surface area (Å²) in [4.78, 5) is 59.4. The van der Waals surface area contributed by atoms with Gasteiger partial charge in [-0.05, 0) is 60.0 Å². The van der Waals surface area contributed by atoms with Gasteiger partial charge >= 0.3 is 0 Å². The maximum Gasteiger partial charge on any atom is 0.262 e. The number of nitrogens with one attached hydrogen (secondary N) is 2. The number of carbonyl (C=O) groups is 4. The molecule has 2 N–H and O–H groups in total. The van der Waals surface area contributed by atoms with Gasteiger partial charge in [0.1, 0.15) is 29.5 Å². The van der Waals surface area contributed by atoms with Gasteiger partial charge < -0.3 is 19.3 Å². The molecule has 14 heteroatoms. The zero-order chi connectivity index (χ0) is 37.7. The second-order valence-electron chi connectivity index (χ2n) is 14.2. The first kappa shape index (κ1) is 34.6. The van der Waals surface area contributed by atoms with Crippen molar-refractivity contribution in [2.24, 2.45) is 0 Å². The van der Waals surface area contributed by atoms with Crippen molar-refractivity contribution < 1.29 is 37.6 Å². The minimum atomic E-state index is -1.00. The Balaban J connectivity index is 0.854. The second kappa shape index (κ2) is 13.5. The quantitative estimate of drug-likeness (QED) is 0.159. The normalized spacial score (nSPS) is 19.6. The van der Waals surface area contributed by atoms with Crippen LogP contribution in [0, 0.1) is 12.7 Å². The van der Waals surface area contributed by atoms with Gasteiger partial charge in [-0.15, -0.1) is 0 Å². The zero-order valence-electron chi connectivity index (χ0n) is 29.6. The lowest BCUT2D eigenvalue weighted by atomic mass is 9.78. The predicted octanol–water partition coefficient (Wildman–Crippen LogP) is 6.12. The first-order valence-corrected chi connectivity index (χ1v) is 17.6. The number of benzene rings is 3. The van der Waals surface area contributed by atoms with Crippen LogP contribution < -0.4 is 20.1 Å². The van der Waals surface area contributed by atoms with Crippen molar-refractivity contribution in [3.8, 4) is 28.8 Å². The SMILES string of the molecule is Cc1nc(-c2ncc(F)cc2Oc2ccc(C(C)(C)c3ccc(O[C@H]4C[C@H](Nc5ccc6c(c5)C(=O)N(C5CCC(=O)NC5=O)C6=O)C4)cc3)cc2)no1. The van der Waals surface area contributed by atoms with Crippen molar-refractivity contribution in [3.05, 3.63) is 113 Å². The predicted molar refractivity (Wildman–Crippen MR) is 191 cm³/mol. The van der Waals surface area contributed by atoms with Crippen LogP contribution in [0.15, 0.2) is 83.5 Å². The molecule has 3 aliphatic rings. The Kier molecular flexibility index (Phi) is 8.67. The third-order valence-corrected chi connectivity index (χ3v) is 10.1. The summed E-state index contributed by atoms with van der Waals surface area (Å²) in [7, 11) is 0. The Morgan fingerprint density at radius 1 is 0.907 bits per heavy atom. The molecule has 13 nitrogen and oxygen atoms in total. The van der Waals surface area contributed by atoms with Gasteiger partial charge in [-0.25, -0.2) is 9.37 Å². The molecular formula is C40H35FN6O7. The Bertz CT molecular complexity index is 2300. The topological polar surface area (TPSA) is 166 Å². The molecule has 3 aromatic carbocycles. The molecule has 0 spiro atoms. The van der Waals surface area contributed by atoms with Crippen LogP contribution in [0.25, 0.3) is 11.5 Å². The smallest absolute Gasteiger partial charge is 0.262 e. The number of nitrogens with zero attached hydrogens (tertiary/aromatic N) is 4. The van der Waals surface area contributed by atoms with Crippen molar-refractivity contribution in [3.63, 3.8) is 0 Å². The highest BCUT2D eigenvalue weighted by molar-refractivity contribution is 6.23. The number of anilines is 1. The molecule has 2 fully saturated rings. The summed E-state index contributed by atoms with van der Waals surface area (Å²) in [6, 6.07) is 20.9. The van der Waals surface area contributed by atoms with Crippen molar-refractivity contribution in [2.45, 2.75) is 70.1 Å². The van der Waals surface area contributed by atoms with E-state index >= 15 is 0 Å². The molecule has 54 heavy (non-hydrogen) atoms. The molecule has 2 aliphatic heterocycles. The number of pyridine rings is 1. The summed E-state index contributed by atoms with van der Waals surface area (Å²) in [5.74, 6) is -0.676. The summed E-state index contributed by atoms with van der Waals surface area (Å²) < 4.78 is 31.4. The molecule has 0 radical (unpaired) electrons. The second-order valence-corrected chi connectivity index (χ2v) is 14.2. The molecule has 274 valence electrons. The van der Waals surface area contributed by atoms with Gasteiger partial charge in [-0.1, -0.05) is 43.3 Å². The van der Waals surface area contributed by atoms with Crippen LogP contribution in [0.4, 0.5) is 10.1 Å². The number of ether oxygens (including phenoxy) is 2. The minimum absolute atomic E-state index is 0.00690. The van der Waals surface area contributed by atoms with E-state index in [1.807, 2.05) is 48.5 Å². The fourth-order valence-electron chi connectivity index (χ4n) is 7.01. The Morgan fingerprint density at radius 2 is 1.59 bits per heavy atom. The molecule has 1 aliphatic carbocycles. The zero-order valence-corrected chi connectivity index (χ0v) is 29.6. The summed E-state index contributed by atoms with van der Waals surface area (Å²) in [5.41, 5.74) is 3.23. The highest BCUT2D eigenvalue weighted by Crippen LogP contribution is 2.37. The van der Waals surface area contributed by atoms with Gasteiger partial charge in [0.15, 0.2) is 11.4 Å². The molecule has 1 atom stereocenters. The summed E-state index contributed by atoms with van der Waals surface area (Å²) in [5, 5.41) is 9.51. The van der Waals surface area contributed by atoms with Crippen molar-refractivity contribution in [2.75, 3.05) is 5.32 Å². The van der Waals surface area contributed by atoms with Gasteiger partial charge in [-0.3, -0.25) is 29.4 Å². The monoisotopic (exact) mass is 730 g/mol. The highest BCUT2D eigenvalue weighted by Gasteiger charge is 2.45. The number of fused-ring (bicyclic) bond motifs is 1. The van der Waals surface area contributed by atoms with E-state index in [1.165, 1.54) is 6.07 Å². The number of carbonyl (C=O) groups excluding carboxylic acids is 4. The van der Waals surface area contributed by atoms with Crippen LogP contribution in [-0.4, -0.2) is 61.8 Å². The number of amides is 4. The number of halogens is 1. The molecule has 8 rings (SSSR count). The Morgan fingerprint density at radius 3 is 2.26 bits per heavy atom. The third-order valence-electron chi connectivity index (χ3n) is 10.1. The molecule has 4 heterocycles. The maximum atomic E-state index is 14.1. The average Bonchev–Trinajstić information content (AvgIpc) is 3.67. The lowest BCUT2D eigenvalue weighted by Crippen LogP contribution is -2.54. The van der Waals surface area contributed by atoms with E-state index in [4.69, 9.17) is 14.0 Å². The maximum absolute atomic E-state index is 14.1. The largest absolute Gasteiger partial charge is 0.490 e. The molecule has 2 aromatic heterocycles. The fraction of sp³-hybridized carbons (Fsp3) is 0.275. The van der Waals surface area contributed by atoms with Crippen LogP contribution in [0.5, 0.6) is 17.2 Å². The Hall–Kier alpha value is -6.44. The van der Waals surface area contributed by atoms with Gasteiger partial charge in [-0.2, -0.15) is 4.98 Å². The van der Waals surface area contributed by atoms with E-state index in [0.717, 1.165) is 40.8 Å². The van der Waals surface area contributed by atoms with Crippen LogP contribution in [-0.2, 0) is 15.0 Å². The number of rotatable bonds is 10. The number of aromatic nitrogens is 3. The van der Waals surface area contributed by atoms with Crippen LogP contribution in [0.1, 0.15) is 77.3 Å². The molecule has 1 saturated heterocycles. The molecule has 5 aromatic rings. The molecule has 1 unspecified atom stereocenters. The number of aryl methyl sites for hydroxylation is 1. The highest BCUT2D eigenvalue weighted by atomic mass is 19.1. The van der Waals surface area contributed by atoms with Crippen molar-refractivity contribution >= 4 is 29.3 Å².